The van der Waals surface area contributed by atoms with Gasteiger partial charge in [0.2, 0.25) is 11.1 Å². The number of amides is 1. The van der Waals surface area contributed by atoms with E-state index in [1.807, 2.05) is 19.1 Å². The molecule has 0 aliphatic carbocycles. The number of carbonyl (C=O) groups is 1. The van der Waals surface area contributed by atoms with E-state index in [1.165, 1.54) is 22.0 Å². The normalized spacial score (nSPS) is 11.4. The summed E-state index contributed by atoms with van der Waals surface area (Å²) in [6, 6.07) is 7.98. The molecule has 7 nitrogen and oxygen atoms in total. The van der Waals surface area contributed by atoms with Crippen LogP contribution in [-0.4, -0.2) is 33.1 Å². The van der Waals surface area contributed by atoms with E-state index in [1.54, 1.807) is 0 Å². The Hall–Kier alpha value is -2.22. The van der Waals surface area contributed by atoms with Crippen molar-refractivity contribution in [3.63, 3.8) is 0 Å². The average molecular weight is 378 g/mol. The van der Waals surface area contributed by atoms with Crippen molar-refractivity contribution in [2.24, 2.45) is 0 Å². The lowest BCUT2D eigenvalue weighted by Crippen LogP contribution is -2.26. The van der Waals surface area contributed by atoms with Gasteiger partial charge in [-0.25, -0.2) is 4.68 Å². The van der Waals surface area contributed by atoms with Gasteiger partial charge in [0.25, 0.3) is 0 Å². The first-order valence-electron chi connectivity index (χ1n) is 8.63. The van der Waals surface area contributed by atoms with E-state index < -0.39 is 0 Å². The summed E-state index contributed by atoms with van der Waals surface area (Å²) in [5.41, 5.74) is 1.35. The zero-order valence-electron chi connectivity index (χ0n) is 15.8. The highest BCUT2D eigenvalue weighted by Crippen LogP contribution is 2.24. The summed E-state index contributed by atoms with van der Waals surface area (Å²) >= 11 is 1.25. The number of thioether (sulfide) groups is 1. The van der Waals surface area contributed by atoms with Crippen LogP contribution >= 0.6 is 11.8 Å². The third-order valence-corrected chi connectivity index (χ3v) is 4.67. The fourth-order valence-corrected chi connectivity index (χ4v) is 2.85. The minimum atomic E-state index is -0.0448. The highest BCUT2D eigenvalue weighted by Gasteiger charge is 2.14. The molecule has 0 aliphatic rings. The second kappa shape index (κ2) is 8.93. The molecule has 0 atom stereocenters. The molecule has 1 amide bonds. The van der Waals surface area contributed by atoms with Crippen LogP contribution in [0.15, 0.2) is 29.4 Å². The molecule has 0 fully saturated rings. The molecule has 1 aromatic heterocycles. The predicted octanol–water partition coefficient (Wildman–Crippen LogP) is 2.49. The fourth-order valence-electron chi connectivity index (χ4n) is 2.15. The molecule has 0 unspecified atom stereocenters. The van der Waals surface area contributed by atoms with E-state index in [4.69, 9.17) is 10.6 Å². The van der Waals surface area contributed by atoms with Gasteiger partial charge in [-0.1, -0.05) is 51.6 Å². The average Bonchev–Trinajstić information content (AvgIpc) is 2.96. The molecule has 26 heavy (non-hydrogen) atoms. The quantitative estimate of drug-likeness (QED) is 0.542. The molecule has 2 aromatic rings. The van der Waals surface area contributed by atoms with Crippen LogP contribution in [0.3, 0.4) is 0 Å². The van der Waals surface area contributed by atoms with Gasteiger partial charge >= 0.3 is 0 Å². The summed E-state index contributed by atoms with van der Waals surface area (Å²) in [5.74, 6) is 7.45. The van der Waals surface area contributed by atoms with Crippen molar-refractivity contribution in [1.29, 1.82) is 0 Å². The van der Waals surface area contributed by atoms with Crippen LogP contribution in [0.4, 0.5) is 0 Å². The maximum absolute atomic E-state index is 11.6. The van der Waals surface area contributed by atoms with Crippen molar-refractivity contribution < 1.29 is 9.53 Å². The molecular formula is C18H27N5O2S. The number of rotatable bonds is 8. The predicted molar refractivity (Wildman–Crippen MR) is 104 cm³/mol. The Balaban J connectivity index is 1.89. The number of ether oxygens (including phenoxy) is 1. The molecule has 1 aromatic carbocycles. The SMILES string of the molecule is CCCNC(=O)CSc1nnc(COc2ccc(C(C)(C)C)cc2)n1N. The molecule has 0 aliphatic heterocycles. The Kier molecular flexibility index (Phi) is 6.90. The number of aromatic nitrogens is 3. The number of hydrogen-bond donors (Lipinski definition) is 2. The number of carbonyl (C=O) groups excluding carboxylic acids is 1. The number of nitrogens with one attached hydrogen (secondary N) is 1. The maximum atomic E-state index is 11.6. The van der Waals surface area contributed by atoms with Crippen molar-refractivity contribution in [2.45, 2.75) is 51.3 Å². The maximum Gasteiger partial charge on any atom is 0.230 e. The van der Waals surface area contributed by atoms with Crippen LogP contribution < -0.4 is 15.9 Å². The molecule has 0 bridgehead atoms. The summed E-state index contributed by atoms with van der Waals surface area (Å²) in [6.45, 7) is 9.39. The van der Waals surface area contributed by atoms with Crippen molar-refractivity contribution in [1.82, 2.24) is 20.2 Å². The molecule has 142 valence electrons. The zero-order chi connectivity index (χ0) is 19.2. The Morgan fingerprint density at radius 1 is 1.27 bits per heavy atom. The first-order chi connectivity index (χ1) is 12.3. The summed E-state index contributed by atoms with van der Waals surface area (Å²) in [6.07, 6.45) is 0.904. The first-order valence-corrected chi connectivity index (χ1v) is 9.62. The Morgan fingerprint density at radius 3 is 2.58 bits per heavy atom. The fraction of sp³-hybridized carbons (Fsp3) is 0.500. The van der Waals surface area contributed by atoms with E-state index >= 15 is 0 Å². The molecule has 0 spiro atoms. The van der Waals surface area contributed by atoms with Gasteiger partial charge in [0, 0.05) is 6.54 Å². The minimum Gasteiger partial charge on any atom is -0.486 e. The Labute approximate surface area is 158 Å². The second-order valence-corrected chi connectivity index (χ2v) is 7.91. The van der Waals surface area contributed by atoms with Crippen molar-refractivity contribution in [3.8, 4) is 5.75 Å². The zero-order valence-corrected chi connectivity index (χ0v) is 16.6. The van der Waals surface area contributed by atoms with E-state index in [0.29, 0.717) is 17.5 Å². The minimum absolute atomic E-state index is 0.0448. The smallest absolute Gasteiger partial charge is 0.230 e. The van der Waals surface area contributed by atoms with E-state index in [2.05, 4.69) is 48.4 Å². The molecule has 1 heterocycles. The molecule has 0 saturated carbocycles. The summed E-state index contributed by atoms with van der Waals surface area (Å²) < 4.78 is 7.10. The van der Waals surface area contributed by atoms with Crippen LogP contribution in [-0.2, 0) is 16.8 Å². The van der Waals surface area contributed by atoms with E-state index in [0.717, 1.165) is 12.2 Å². The number of hydrogen-bond acceptors (Lipinski definition) is 6. The van der Waals surface area contributed by atoms with Gasteiger partial charge < -0.3 is 15.9 Å². The Morgan fingerprint density at radius 2 is 1.96 bits per heavy atom. The lowest BCUT2D eigenvalue weighted by atomic mass is 9.87. The monoisotopic (exact) mass is 377 g/mol. The van der Waals surface area contributed by atoms with Crippen molar-refractivity contribution in [2.75, 3.05) is 18.1 Å². The van der Waals surface area contributed by atoms with E-state index in [-0.39, 0.29) is 23.7 Å². The van der Waals surface area contributed by atoms with Crippen LogP contribution in [0.25, 0.3) is 0 Å². The molecule has 0 saturated heterocycles. The number of nitrogens with two attached hydrogens (primary N) is 1. The summed E-state index contributed by atoms with van der Waals surface area (Å²) in [5, 5.41) is 11.3. The van der Waals surface area contributed by atoms with E-state index in [9.17, 15) is 4.79 Å². The van der Waals surface area contributed by atoms with Gasteiger partial charge in [-0.2, -0.15) is 0 Å². The van der Waals surface area contributed by atoms with Gasteiger partial charge in [0.1, 0.15) is 12.4 Å². The Bertz CT molecular complexity index is 722. The van der Waals surface area contributed by atoms with Gasteiger partial charge in [-0.3, -0.25) is 4.79 Å². The van der Waals surface area contributed by atoms with Crippen molar-refractivity contribution >= 4 is 17.7 Å². The van der Waals surface area contributed by atoms with Gasteiger partial charge in [-0.15, -0.1) is 10.2 Å². The van der Waals surface area contributed by atoms with Crippen LogP contribution in [0, 0.1) is 0 Å². The molecule has 3 N–H and O–H groups in total. The van der Waals surface area contributed by atoms with Gasteiger partial charge in [0.05, 0.1) is 5.75 Å². The van der Waals surface area contributed by atoms with Gasteiger partial charge in [-0.05, 0) is 29.5 Å². The molecular weight excluding hydrogens is 350 g/mol. The number of nitrogens with zero attached hydrogens (tertiary/aromatic N) is 3. The third kappa shape index (κ3) is 5.66. The second-order valence-electron chi connectivity index (χ2n) is 6.97. The van der Waals surface area contributed by atoms with Crippen LogP contribution in [0.1, 0.15) is 45.5 Å². The van der Waals surface area contributed by atoms with Crippen LogP contribution in [0.2, 0.25) is 0 Å². The highest BCUT2D eigenvalue weighted by atomic mass is 32.2. The largest absolute Gasteiger partial charge is 0.486 e. The molecule has 2 rings (SSSR count). The summed E-state index contributed by atoms with van der Waals surface area (Å²) in [4.78, 5) is 11.6. The third-order valence-electron chi connectivity index (χ3n) is 3.73. The molecule has 0 radical (unpaired) electrons. The molecule has 8 heteroatoms. The standard InChI is InChI=1S/C18H27N5O2S/c1-5-10-20-16(24)12-26-17-22-21-15(23(17)19)11-25-14-8-6-13(7-9-14)18(2,3)4/h6-9H,5,10-12,19H2,1-4H3,(H,20,24). The lowest BCUT2D eigenvalue weighted by Gasteiger charge is -2.19. The van der Waals surface area contributed by atoms with Crippen LogP contribution in [0.5, 0.6) is 5.75 Å². The lowest BCUT2D eigenvalue weighted by molar-refractivity contribution is -0.118. The summed E-state index contributed by atoms with van der Waals surface area (Å²) in [7, 11) is 0. The van der Waals surface area contributed by atoms with Crippen molar-refractivity contribution in [3.05, 3.63) is 35.7 Å². The van der Waals surface area contributed by atoms with Gasteiger partial charge in [0.15, 0.2) is 5.82 Å². The topological polar surface area (TPSA) is 95.1 Å². The highest BCUT2D eigenvalue weighted by molar-refractivity contribution is 7.99. The number of benzene rings is 1. The first kappa shape index (κ1) is 20.1. The number of nitrogen functional groups attached to an aromatic ring is 1.